The minimum atomic E-state index is -2.58. The molecule has 0 atom stereocenters. The molecule has 7 heteroatoms. The predicted molar refractivity (Wildman–Crippen MR) is 119 cm³/mol. The first-order chi connectivity index (χ1) is 15.4. The Labute approximate surface area is 183 Å². The quantitative estimate of drug-likeness (QED) is 0.427. The topological polar surface area (TPSA) is 59.9 Å². The van der Waals surface area contributed by atoms with Gasteiger partial charge in [0.2, 0.25) is 11.5 Å². The molecule has 2 aromatic carbocycles. The maximum Gasteiger partial charge on any atom is 0.250 e. The highest BCUT2D eigenvalue weighted by Crippen LogP contribution is 2.43. The number of nitrogens with zero attached hydrogens (tertiary/aromatic N) is 2. The average molecular weight is 435 g/mol. The highest BCUT2D eigenvalue weighted by atomic mass is 19.3. The molecule has 1 N–H and O–H groups in total. The van der Waals surface area contributed by atoms with Gasteiger partial charge in [-0.1, -0.05) is 18.2 Å². The maximum atomic E-state index is 13.6. The number of aryl methyl sites for hydroxylation is 1. The summed E-state index contributed by atoms with van der Waals surface area (Å²) in [4.78, 5) is 20.0. The van der Waals surface area contributed by atoms with E-state index in [4.69, 9.17) is 9.72 Å². The van der Waals surface area contributed by atoms with Crippen LogP contribution in [0.1, 0.15) is 37.4 Å². The lowest BCUT2D eigenvalue weighted by atomic mass is 9.86. The van der Waals surface area contributed by atoms with Gasteiger partial charge in [0.25, 0.3) is 0 Å². The summed E-state index contributed by atoms with van der Waals surface area (Å²) in [7, 11) is 1.70. The molecule has 0 unspecified atom stereocenters. The van der Waals surface area contributed by atoms with Crippen LogP contribution in [0.15, 0.2) is 65.6 Å². The van der Waals surface area contributed by atoms with Crippen molar-refractivity contribution in [3.05, 3.63) is 77.0 Å². The van der Waals surface area contributed by atoms with Crippen LogP contribution in [0, 0.1) is 0 Å². The van der Waals surface area contributed by atoms with Gasteiger partial charge in [-0.25, -0.2) is 13.8 Å². The fourth-order valence-electron chi connectivity index (χ4n) is 4.27. The van der Waals surface area contributed by atoms with E-state index >= 15 is 0 Å². The number of fused-ring (bicyclic) bond motifs is 1. The summed E-state index contributed by atoms with van der Waals surface area (Å²) < 4.78 is 35.1. The Kier molecular flexibility index (Phi) is 5.04. The Morgan fingerprint density at radius 1 is 1.06 bits per heavy atom. The van der Waals surface area contributed by atoms with E-state index in [0.717, 1.165) is 16.6 Å². The van der Waals surface area contributed by atoms with E-state index in [9.17, 15) is 13.6 Å². The molecule has 0 saturated heterocycles. The van der Waals surface area contributed by atoms with Crippen LogP contribution in [0.25, 0.3) is 22.2 Å². The Morgan fingerprint density at radius 2 is 1.81 bits per heavy atom. The van der Waals surface area contributed by atoms with E-state index in [2.05, 4.69) is 4.98 Å². The van der Waals surface area contributed by atoms with Gasteiger partial charge in [-0.05, 0) is 43.2 Å². The van der Waals surface area contributed by atoms with Gasteiger partial charge >= 0.3 is 0 Å². The molecule has 0 amide bonds. The number of pyridine rings is 1. The molecule has 0 aliphatic heterocycles. The average Bonchev–Trinajstić information content (AvgIpc) is 3.21. The Balaban J connectivity index is 1.62. The van der Waals surface area contributed by atoms with Gasteiger partial charge in [0, 0.05) is 49.2 Å². The molecule has 2 aromatic heterocycles. The van der Waals surface area contributed by atoms with Gasteiger partial charge in [0.1, 0.15) is 17.1 Å². The molecule has 32 heavy (non-hydrogen) atoms. The van der Waals surface area contributed by atoms with Crippen LogP contribution < -0.4 is 10.3 Å². The van der Waals surface area contributed by atoms with E-state index < -0.39 is 5.92 Å². The maximum absolute atomic E-state index is 13.6. The number of alkyl halides is 2. The smallest absolute Gasteiger partial charge is 0.250 e. The van der Waals surface area contributed by atoms with Crippen LogP contribution >= 0.6 is 0 Å². The van der Waals surface area contributed by atoms with Gasteiger partial charge in [-0.15, -0.1) is 0 Å². The number of hydrogen-bond acceptors (Lipinski definition) is 3. The van der Waals surface area contributed by atoms with Crippen molar-refractivity contribution >= 4 is 11.0 Å². The summed E-state index contributed by atoms with van der Waals surface area (Å²) in [6, 6.07) is 16.5. The number of ether oxygens (including phenoxy) is 1. The zero-order chi connectivity index (χ0) is 22.3. The molecule has 4 aromatic rings. The second kappa shape index (κ2) is 7.89. The van der Waals surface area contributed by atoms with Crippen molar-refractivity contribution in [1.29, 1.82) is 0 Å². The first-order valence-electron chi connectivity index (χ1n) is 10.7. The fraction of sp³-hybridized carbons (Fsp3) is 0.280. The molecule has 0 bridgehead atoms. The lowest BCUT2D eigenvalue weighted by Crippen LogP contribution is -2.24. The van der Waals surface area contributed by atoms with Gasteiger partial charge in [0.15, 0.2) is 5.75 Å². The molecule has 0 radical (unpaired) electrons. The molecule has 1 fully saturated rings. The number of aromatic amines is 1. The second-order valence-corrected chi connectivity index (χ2v) is 8.37. The van der Waals surface area contributed by atoms with Gasteiger partial charge in [0.05, 0.1) is 5.52 Å². The van der Waals surface area contributed by atoms with E-state index in [0.29, 0.717) is 35.7 Å². The van der Waals surface area contributed by atoms with Crippen molar-refractivity contribution in [2.45, 2.75) is 37.5 Å². The number of imidazole rings is 1. The van der Waals surface area contributed by atoms with Crippen LogP contribution in [0.2, 0.25) is 0 Å². The third-order valence-corrected chi connectivity index (χ3v) is 6.09. The Bertz CT molecular complexity index is 1320. The summed E-state index contributed by atoms with van der Waals surface area (Å²) in [5, 5.41) is 0. The standard InChI is InChI=1S/C25H23F2N3O2/c1-30-15-17(7-10-21(30)31)19-8-9-20-22(23(19)32-18-5-3-2-4-6-18)29-24(28-20)16-11-13-25(26,27)14-12-16/h2-10,15-16H,11-14H2,1H3,(H,28,29). The van der Waals surface area contributed by atoms with Gasteiger partial charge in [-0.3, -0.25) is 4.79 Å². The van der Waals surface area contributed by atoms with Crippen LogP contribution in [0.4, 0.5) is 8.78 Å². The third kappa shape index (κ3) is 3.90. The fourth-order valence-corrected chi connectivity index (χ4v) is 4.27. The molecule has 1 saturated carbocycles. The van der Waals surface area contributed by atoms with E-state index in [-0.39, 0.29) is 24.3 Å². The zero-order valence-corrected chi connectivity index (χ0v) is 17.6. The molecule has 5 rings (SSSR count). The Hall–Kier alpha value is -3.48. The molecule has 1 aliphatic rings. The summed E-state index contributed by atoms with van der Waals surface area (Å²) >= 11 is 0. The summed E-state index contributed by atoms with van der Waals surface area (Å²) in [5.74, 6) is -0.678. The second-order valence-electron chi connectivity index (χ2n) is 8.37. The SMILES string of the molecule is Cn1cc(-c2ccc3[nH]c(C4CCC(F)(F)CC4)nc3c2Oc2ccccc2)ccc1=O. The van der Waals surface area contributed by atoms with Crippen LogP contribution in [0.3, 0.4) is 0 Å². The normalized spacial score (nSPS) is 16.3. The minimum absolute atomic E-state index is 0.0346. The molecular formula is C25H23F2N3O2. The van der Waals surface area contributed by atoms with Crippen molar-refractivity contribution in [1.82, 2.24) is 14.5 Å². The van der Waals surface area contributed by atoms with Crippen molar-refractivity contribution in [3.8, 4) is 22.6 Å². The first kappa shape index (κ1) is 20.4. The van der Waals surface area contributed by atoms with Gasteiger partial charge < -0.3 is 14.3 Å². The summed E-state index contributed by atoms with van der Waals surface area (Å²) in [6.07, 6.45) is 2.32. The number of rotatable bonds is 4. The van der Waals surface area contributed by atoms with Crippen molar-refractivity contribution < 1.29 is 13.5 Å². The molecule has 5 nitrogen and oxygen atoms in total. The first-order valence-corrected chi connectivity index (χ1v) is 10.7. The number of hydrogen-bond donors (Lipinski definition) is 1. The highest BCUT2D eigenvalue weighted by Gasteiger charge is 2.36. The van der Waals surface area contributed by atoms with E-state index in [1.54, 1.807) is 19.3 Å². The van der Waals surface area contributed by atoms with Crippen LogP contribution in [-0.4, -0.2) is 20.5 Å². The largest absolute Gasteiger partial charge is 0.454 e. The number of para-hydroxylation sites is 1. The summed E-state index contributed by atoms with van der Waals surface area (Å²) in [6.45, 7) is 0. The zero-order valence-electron chi connectivity index (χ0n) is 17.6. The van der Waals surface area contributed by atoms with Crippen LogP contribution in [-0.2, 0) is 7.05 Å². The number of halogens is 2. The van der Waals surface area contributed by atoms with E-state index in [1.165, 1.54) is 10.6 Å². The van der Waals surface area contributed by atoms with Crippen molar-refractivity contribution in [3.63, 3.8) is 0 Å². The number of H-pyrrole nitrogens is 1. The molecule has 164 valence electrons. The minimum Gasteiger partial charge on any atom is -0.454 e. The monoisotopic (exact) mass is 435 g/mol. The number of aromatic nitrogens is 3. The molecular weight excluding hydrogens is 412 g/mol. The summed E-state index contributed by atoms with van der Waals surface area (Å²) in [5.41, 5.74) is 2.95. The van der Waals surface area contributed by atoms with Crippen molar-refractivity contribution in [2.75, 3.05) is 0 Å². The molecule has 0 spiro atoms. The Morgan fingerprint density at radius 3 is 2.53 bits per heavy atom. The number of nitrogens with one attached hydrogen (secondary N) is 1. The van der Waals surface area contributed by atoms with E-state index in [1.807, 2.05) is 42.5 Å². The number of benzene rings is 2. The van der Waals surface area contributed by atoms with Gasteiger partial charge in [-0.2, -0.15) is 0 Å². The highest BCUT2D eigenvalue weighted by molar-refractivity contribution is 5.91. The molecule has 2 heterocycles. The lowest BCUT2D eigenvalue weighted by Gasteiger charge is -2.26. The third-order valence-electron chi connectivity index (χ3n) is 6.09. The van der Waals surface area contributed by atoms with Crippen LogP contribution in [0.5, 0.6) is 11.5 Å². The lowest BCUT2D eigenvalue weighted by molar-refractivity contribution is -0.0387. The predicted octanol–water partition coefficient (Wildman–Crippen LogP) is 6.01. The molecule has 1 aliphatic carbocycles. The van der Waals surface area contributed by atoms with Crippen molar-refractivity contribution in [2.24, 2.45) is 7.05 Å².